The summed E-state index contributed by atoms with van der Waals surface area (Å²) in [6.45, 7) is 0. The first-order valence-corrected chi connectivity index (χ1v) is 5.37. The first-order chi connectivity index (χ1) is 7.75. The van der Waals surface area contributed by atoms with Crippen molar-refractivity contribution in [2.24, 2.45) is 0 Å². The molecule has 0 bridgehead atoms. The summed E-state index contributed by atoms with van der Waals surface area (Å²) in [5, 5.41) is 9.53. The molecule has 0 aliphatic heterocycles. The lowest BCUT2D eigenvalue weighted by atomic mass is 10.2. The molecule has 0 spiro atoms. The predicted molar refractivity (Wildman–Crippen MR) is 58.6 cm³/mol. The third-order valence-corrected chi connectivity index (χ3v) is 3.16. The molecule has 2 atom stereocenters. The Kier molecular flexibility index (Phi) is 2.03. The molecule has 1 saturated carbocycles. The second-order valence-electron chi connectivity index (χ2n) is 4.20. The van der Waals surface area contributed by atoms with Gasteiger partial charge in [0.2, 0.25) is 0 Å². The molecule has 0 radical (unpaired) electrons. The van der Waals surface area contributed by atoms with Gasteiger partial charge in [-0.3, -0.25) is 0 Å². The van der Waals surface area contributed by atoms with Gasteiger partial charge in [-0.15, -0.1) is 0 Å². The third kappa shape index (κ3) is 1.34. The Morgan fingerprint density at radius 1 is 1.31 bits per heavy atom. The van der Waals surface area contributed by atoms with Crippen LogP contribution in [-0.2, 0) is 0 Å². The van der Waals surface area contributed by atoms with E-state index in [9.17, 15) is 5.11 Å². The Hall–Kier alpha value is -1.69. The number of aliphatic hydroxyl groups is 1. The van der Waals surface area contributed by atoms with Crippen molar-refractivity contribution >= 4 is 17.0 Å². The molecule has 0 unspecified atom stereocenters. The number of nitrogens with two attached hydrogens (primary N) is 1. The summed E-state index contributed by atoms with van der Waals surface area (Å²) in [6.07, 6.45) is 5.53. The van der Waals surface area contributed by atoms with E-state index in [2.05, 4.69) is 15.0 Å². The van der Waals surface area contributed by atoms with Crippen LogP contribution in [0.2, 0.25) is 0 Å². The fourth-order valence-corrected chi connectivity index (χ4v) is 2.32. The van der Waals surface area contributed by atoms with Gasteiger partial charge in [0, 0.05) is 6.04 Å². The molecule has 1 aliphatic rings. The lowest BCUT2D eigenvalue weighted by Gasteiger charge is -2.11. The summed E-state index contributed by atoms with van der Waals surface area (Å²) >= 11 is 0. The summed E-state index contributed by atoms with van der Waals surface area (Å²) in [5.74, 6) is 0.405. The zero-order valence-corrected chi connectivity index (χ0v) is 8.74. The largest absolute Gasteiger partial charge is 0.393 e. The number of fused-ring (bicyclic) bond motifs is 1. The van der Waals surface area contributed by atoms with Crippen LogP contribution in [0.4, 0.5) is 5.82 Å². The standard InChI is InChI=1S/C10H13N5O/c11-9-8-10(13-4-12-9)15(5-14-8)6-1-2-7(16)3-6/h4-7,16H,1-3H2,(H2,11,12,13)/t6-,7-/m1/s1. The van der Waals surface area contributed by atoms with E-state index >= 15 is 0 Å². The van der Waals surface area contributed by atoms with E-state index in [1.165, 1.54) is 6.33 Å². The molecule has 84 valence electrons. The number of aliphatic hydroxyl groups excluding tert-OH is 1. The van der Waals surface area contributed by atoms with E-state index in [0.717, 1.165) is 24.9 Å². The second kappa shape index (κ2) is 3.41. The van der Waals surface area contributed by atoms with Gasteiger partial charge in [-0.05, 0) is 19.3 Å². The molecule has 2 aromatic rings. The highest BCUT2D eigenvalue weighted by Crippen LogP contribution is 2.32. The lowest BCUT2D eigenvalue weighted by molar-refractivity contribution is 0.178. The molecule has 0 amide bonds. The van der Waals surface area contributed by atoms with Crippen molar-refractivity contribution in [1.82, 2.24) is 19.5 Å². The molecule has 3 rings (SSSR count). The van der Waals surface area contributed by atoms with E-state index < -0.39 is 0 Å². The van der Waals surface area contributed by atoms with Crippen LogP contribution in [0.15, 0.2) is 12.7 Å². The smallest absolute Gasteiger partial charge is 0.165 e. The molecule has 1 fully saturated rings. The molecule has 1 aliphatic carbocycles. The van der Waals surface area contributed by atoms with Crippen molar-refractivity contribution in [2.45, 2.75) is 31.4 Å². The molecule has 0 saturated heterocycles. The number of imidazole rings is 1. The van der Waals surface area contributed by atoms with Crippen LogP contribution < -0.4 is 5.73 Å². The van der Waals surface area contributed by atoms with E-state index in [1.807, 2.05) is 4.57 Å². The van der Waals surface area contributed by atoms with Gasteiger partial charge < -0.3 is 15.4 Å². The van der Waals surface area contributed by atoms with Crippen molar-refractivity contribution in [3.8, 4) is 0 Å². The van der Waals surface area contributed by atoms with Crippen LogP contribution >= 0.6 is 0 Å². The maximum absolute atomic E-state index is 9.53. The number of nitrogens with zero attached hydrogens (tertiary/aromatic N) is 4. The van der Waals surface area contributed by atoms with Gasteiger partial charge in [0.1, 0.15) is 11.8 Å². The number of aromatic nitrogens is 4. The average Bonchev–Trinajstić information content (AvgIpc) is 2.84. The van der Waals surface area contributed by atoms with Gasteiger partial charge in [0.15, 0.2) is 11.5 Å². The van der Waals surface area contributed by atoms with Gasteiger partial charge in [-0.25, -0.2) is 15.0 Å². The number of anilines is 1. The van der Waals surface area contributed by atoms with E-state index in [4.69, 9.17) is 5.73 Å². The van der Waals surface area contributed by atoms with Crippen molar-refractivity contribution < 1.29 is 5.11 Å². The Morgan fingerprint density at radius 2 is 2.19 bits per heavy atom. The van der Waals surface area contributed by atoms with E-state index in [0.29, 0.717) is 11.3 Å². The number of nitrogen functional groups attached to an aromatic ring is 1. The van der Waals surface area contributed by atoms with Crippen molar-refractivity contribution in [2.75, 3.05) is 5.73 Å². The predicted octanol–water partition coefficient (Wildman–Crippen LogP) is 0.494. The first kappa shape index (κ1) is 9.53. The average molecular weight is 219 g/mol. The monoisotopic (exact) mass is 219 g/mol. The van der Waals surface area contributed by atoms with Crippen LogP contribution in [-0.4, -0.2) is 30.7 Å². The fourth-order valence-electron chi connectivity index (χ4n) is 2.32. The summed E-state index contributed by atoms with van der Waals surface area (Å²) in [7, 11) is 0. The van der Waals surface area contributed by atoms with Gasteiger partial charge in [-0.1, -0.05) is 0 Å². The zero-order chi connectivity index (χ0) is 11.1. The minimum absolute atomic E-state index is 0.207. The number of rotatable bonds is 1. The van der Waals surface area contributed by atoms with Crippen molar-refractivity contribution in [3.05, 3.63) is 12.7 Å². The highest BCUT2D eigenvalue weighted by Gasteiger charge is 2.25. The number of hydrogen-bond donors (Lipinski definition) is 2. The minimum atomic E-state index is -0.207. The Morgan fingerprint density at radius 3 is 2.94 bits per heavy atom. The lowest BCUT2D eigenvalue weighted by Crippen LogP contribution is -2.07. The third-order valence-electron chi connectivity index (χ3n) is 3.16. The summed E-state index contributed by atoms with van der Waals surface area (Å²) in [6, 6.07) is 0.272. The highest BCUT2D eigenvalue weighted by atomic mass is 16.3. The van der Waals surface area contributed by atoms with Crippen LogP contribution in [0.5, 0.6) is 0 Å². The second-order valence-corrected chi connectivity index (χ2v) is 4.20. The van der Waals surface area contributed by atoms with Crippen LogP contribution in [0.1, 0.15) is 25.3 Å². The van der Waals surface area contributed by atoms with Gasteiger partial charge >= 0.3 is 0 Å². The Balaban J connectivity index is 2.08. The summed E-state index contributed by atoms with van der Waals surface area (Å²) < 4.78 is 1.99. The number of hydrogen-bond acceptors (Lipinski definition) is 5. The topological polar surface area (TPSA) is 89.9 Å². The van der Waals surface area contributed by atoms with Crippen LogP contribution in [0.3, 0.4) is 0 Å². The SMILES string of the molecule is Nc1ncnc2c1ncn2[C@@H]1CC[C@@H](O)C1. The first-order valence-electron chi connectivity index (χ1n) is 5.37. The molecule has 2 heterocycles. The molecule has 6 heteroatoms. The van der Waals surface area contributed by atoms with Crippen molar-refractivity contribution in [3.63, 3.8) is 0 Å². The van der Waals surface area contributed by atoms with Crippen molar-refractivity contribution in [1.29, 1.82) is 0 Å². The zero-order valence-electron chi connectivity index (χ0n) is 8.74. The molecular weight excluding hydrogens is 206 g/mol. The molecule has 6 nitrogen and oxygen atoms in total. The normalized spacial score (nSPS) is 25.3. The summed E-state index contributed by atoms with van der Waals surface area (Å²) in [5.41, 5.74) is 7.12. The fraction of sp³-hybridized carbons (Fsp3) is 0.500. The molecule has 16 heavy (non-hydrogen) atoms. The molecule has 0 aromatic carbocycles. The maximum Gasteiger partial charge on any atom is 0.165 e. The van der Waals surface area contributed by atoms with E-state index in [-0.39, 0.29) is 12.1 Å². The minimum Gasteiger partial charge on any atom is -0.393 e. The molecule has 3 N–H and O–H groups in total. The molecular formula is C10H13N5O. The van der Waals surface area contributed by atoms with Gasteiger partial charge in [0.25, 0.3) is 0 Å². The highest BCUT2D eigenvalue weighted by molar-refractivity contribution is 5.81. The summed E-state index contributed by atoms with van der Waals surface area (Å²) in [4.78, 5) is 12.3. The Labute approximate surface area is 92.1 Å². The van der Waals surface area contributed by atoms with Gasteiger partial charge in [-0.2, -0.15) is 0 Å². The van der Waals surface area contributed by atoms with Gasteiger partial charge in [0.05, 0.1) is 12.4 Å². The van der Waals surface area contributed by atoms with Crippen LogP contribution in [0, 0.1) is 0 Å². The quantitative estimate of drug-likeness (QED) is 0.728. The maximum atomic E-state index is 9.53. The molecule has 2 aromatic heterocycles. The van der Waals surface area contributed by atoms with E-state index in [1.54, 1.807) is 6.33 Å². The Bertz CT molecular complexity index is 523. The van der Waals surface area contributed by atoms with Crippen LogP contribution in [0.25, 0.3) is 11.2 Å².